The lowest BCUT2D eigenvalue weighted by molar-refractivity contribution is 0.0955. The van der Waals surface area contributed by atoms with Crippen LogP contribution in [0.15, 0.2) is 24.8 Å². The number of hydrogen-bond acceptors (Lipinski definition) is 4. The highest BCUT2D eigenvalue weighted by atomic mass is 16.1. The van der Waals surface area contributed by atoms with Gasteiger partial charge in [0.05, 0.1) is 23.5 Å². The Morgan fingerprint density at radius 2 is 2.29 bits per heavy atom. The Hall–Kier alpha value is -1.95. The normalized spacial score (nSPS) is 10.6. The van der Waals surface area contributed by atoms with E-state index in [9.17, 15) is 4.79 Å². The molecule has 0 aliphatic heterocycles. The van der Waals surface area contributed by atoms with Gasteiger partial charge in [-0.3, -0.25) is 9.78 Å². The third-order valence-electron chi connectivity index (χ3n) is 2.46. The maximum Gasteiger partial charge on any atom is 0.255 e. The van der Waals surface area contributed by atoms with Crippen molar-refractivity contribution in [3.63, 3.8) is 0 Å². The van der Waals surface area contributed by atoms with Crippen molar-refractivity contribution in [1.82, 2.24) is 25.2 Å². The molecule has 2 rings (SSSR count). The number of fused-ring (bicyclic) bond motifs is 1. The summed E-state index contributed by atoms with van der Waals surface area (Å²) in [4.78, 5) is 15.9. The molecule has 0 radical (unpaired) electrons. The molecule has 0 fully saturated rings. The Labute approximate surface area is 99.0 Å². The maximum atomic E-state index is 11.9. The zero-order chi connectivity index (χ0) is 12.1. The zero-order valence-electron chi connectivity index (χ0n) is 9.68. The van der Waals surface area contributed by atoms with Gasteiger partial charge in [-0.25, -0.2) is 4.52 Å². The Morgan fingerprint density at radius 3 is 3.12 bits per heavy atom. The molecule has 0 saturated heterocycles. The third kappa shape index (κ3) is 2.59. The first kappa shape index (κ1) is 11.5. The average molecular weight is 233 g/mol. The maximum absolute atomic E-state index is 11.9. The lowest BCUT2D eigenvalue weighted by Gasteiger charge is -2.03. The van der Waals surface area contributed by atoms with Gasteiger partial charge in [-0.2, -0.15) is 5.10 Å². The summed E-state index contributed by atoms with van der Waals surface area (Å²) >= 11 is 0. The predicted octanol–water partition coefficient (Wildman–Crippen LogP) is 0.0686. The fourth-order valence-corrected chi connectivity index (χ4v) is 1.57. The van der Waals surface area contributed by atoms with Crippen LogP contribution in [0, 0.1) is 0 Å². The number of amides is 1. The van der Waals surface area contributed by atoms with Crippen molar-refractivity contribution in [2.75, 3.05) is 20.1 Å². The number of carbonyl (C=O) groups is 1. The summed E-state index contributed by atoms with van der Waals surface area (Å²) in [5.41, 5.74) is 1.28. The van der Waals surface area contributed by atoms with E-state index >= 15 is 0 Å². The first-order valence-electron chi connectivity index (χ1n) is 5.53. The van der Waals surface area contributed by atoms with Gasteiger partial charge in [0.15, 0.2) is 0 Å². The van der Waals surface area contributed by atoms with E-state index in [0.29, 0.717) is 12.1 Å². The van der Waals surface area contributed by atoms with Crippen LogP contribution in [0.25, 0.3) is 5.52 Å². The van der Waals surface area contributed by atoms with Crippen molar-refractivity contribution >= 4 is 11.4 Å². The van der Waals surface area contributed by atoms with Gasteiger partial charge in [0, 0.05) is 18.9 Å². The van der Waals surface area contributed by atoms with Gasteiger partial charge >= 0.3 is 0 Å². The van der Waals surface area contributed by atoms with Crippen LogP contribution in [0.2, 0.25) is 0 Å². The van der Waals surface area contributed by atoms with Crippen molar-refractivity contribution in [2.45, 2.75) is 6.42 Å². The van der Waals surface area contributed by atoms with E-state index in [2.05, 4.69) is 20.7 Å². The molecular weight excluding hydrogens is 218 g/mol. The summed E-state index contributed by atoms with van der Waals surface area (Å²) in [5, 5.41) is 9.97. The van der Waals surface area contributed by atoms with E-state index in [1.165, 1.54) is 0 Å². The summed E-state index contributed by atoms with van der Waals surface area (Å²) in [7, 11) is 1.89. The minimum atomic E-state index is -0.107. The molecule has 0 unspecified atom stereocenters. The Kier molecular flexibility index (Phi) is 3.66. The molecule has 2 aromatic heterocycles. The molecule has 0 aromatic carbocycles. The van der Waals surface area contributed by atoms with Crippen molar-refractivity contribution < 1.29 is 4.79 Å². The van der Waals surface area contributed by atoms with Crippen LogP contribution in [0.1, 0.15) is 16.8 Å². The van der Waals surface area contributed by atoms with Crippen molar-refractivity contribution in [2.24, 2.45) is 0 Å². The molecule has 6 nitrogen and oxygen atoms in total. The summed E-state index contributed by atoms with van der Waals surface area (Å²) in [6.45, 7) is 1.54. The second-order valence-corrected chi connectivity index (χ2v) is 3.68. The number of aromatic nitrogens is 3. The first-order valence-corrected chi connectivity index (χ1v) is 5.53. The van der Waals surface area contributed by atoms with Crippen LogP contribution in [0.4, 0.5) is 0 Å². The zero-order valence-corrected chi connectivity index (χ0v) is 9.68. The van der Waals surface area contributed by atoms with Crippen LogP contribution in [-0.2, 0) is 0 Å². The Morgan fingerprint density at radius 1 is 1.41 bits per heavy atom. The van der Waals surface area contributed by atoms with Gasteiger partial charge in [-0.05, 0) is 20.0 Å². The SMILES string of the molecule is CNCCCNC(=O)c1cnn2ccncc12. The molecular formula is C11H15N5O. The Bertz CT molecular complexity index is 507. The summed E-state index contributed by atoms with van der Waals surface area (Å²) in [6.07, 6.45) is 7.45. The number of nitrogens with zero attached hydrogens (tertiary/aromatic N) is 3. The van der Waals surface area contributed by atoms with Gasteiger partial charge in [-0.15, -0.1) is 0 Å². The van der Waals surface area contributed by atoms with Gasteiger partial charge < -0.3 is 10.6 Å². The molecule has 0 atom stereocenters. The highest BCUT2D eigenvalue weighted by Crippen LogP contribution is 2.07. The van der Waals surface area contributed by atoms with Crippen molar-refractivity contribution in [3.05, 3.63) is 30.4 Å². The molecule has 0 spiro atoms. The first-order chi connectivity index (χ1) is 8.33. The quantitative estimate of drug-likeness (QED) is 0.717. The fraction of sp³-hybridized carbons (Fsp3) is 0.364. The second-order valence-electron chi connectivity index (χ2n) is 3.68. The average Bonchev–Trinajstić information content (AvgIpc) is 2.78. The fourth-order valence-electron chi connectivity index (χ4n) is 1.57. The largest absolute Gasteiger partial charge is 0.352 e. The predicted molar refractivity (Wildman–Crippen MR) is 63.9 cm³/mol. The van der Waals surface area contributed by atoms with Gasteiger partial charge in [0.2, 0.25) is 0 Å². The van der Waals surface area contributed by atoms with Crippen LogP contribution >= 0.6 is 0 Å². The minimum absolute atomic E-state index is 0.107. The molecule has 1 amide bonds. The number of hydrogen-bond donors (Lipinski definition) is 2. The standard InChI is InChI=1S/C11H15N5O/c1-12-3-2-4-14-11(17)9-7-15-16-6-5-13-8-10(9)16/h5-8,12H,2-4H2,1H3,(H,14,17). The molecule has 90 valence electrons. The topological polar surface area (TPSA) is 71.3 Å². The highest BCUT2D eigenvalue weighted by Gasteiger charge is 2.11. The van der Waals surface area contributed by atoms with E-state index < -0.39 is 0 Å². The van der Waals surface area contributed by atoms with Crippen LogP contribution < -0.4 is 10.6 Å². The van der Waals surface area contributed by atoms with E-state index in [4.69, 9.17) is 0 Å². The smallest absolute Gasteiger partial charge is 0.255 e. The monoisotopic (exact) mass is 233 g/mol. The van der Waals surface area contributed by atoms with Gasteiger partial charge in [0.25, 0.3) is 5.91 Å². The highest BCUT2D eigenvalue weighted by molar-refractivity contribution is 6.00. The third-order valence-corrected chi connectivity index (χ3v) is 2.46. The lowest BCUT2D eigenvalue weighted by Crippen LogP contribution is -2.26. The number of rotatable bonds is 5. The molecule has 2 N–H and O–H groups in total. The lowest BCUT2D eigenvalue weighted by atomic mass is 10.2. The van der Waals surface area contributed by atoms with E-state index in [0.717, 1.165) is 18.5 Å². The van der Waals surface area contributed by atoms with Gasteiger partial charge in [0.1, 0.15) is 0 Å². The summed E-state index contributed by atoms with van der Waals surface area (Å²) in [5.74, 6) is -0.107. The van der Waals surface area contributed by atoms with Crippen LogP contribution in [0.5, 0.6) is 0 Å². The molecule has 0 bridgehead atoms. The summed E-state index contributed by atoms with van der Waals surface area (Å²) in [6, 6.07) is 0. The van der Waals surface area contributed by atoms with Gasteiger partial charge in [-0.1, -0.05) is 0 Å². The molecule has 0 saturated carbocycles. The minimum Gasteiger partial charge on any atom is -0.352 e. The number of carbonyl (C=O) groups excluding carboxylic acids is 1. The van der Waals surface area contributed by atoms with Crippen LogP contribution in [-0.4, -0.2) is 40.6 Å². The van der Waals surface area contributed by atoms with E-state index in [1.54, 1.807) is 29.3 Å². The van der Waals surface area contributed by atoms with Crippen molar-refractivity contribution in [3.8, 4) is 0 Å². The Balaban J connectivity index is 2.04. The molecule has 2 heterocycles. The van der Waals surface area contributed by atoms with Crippen molar-refractivity contribution in [1.29, 1.82) is 0 Å². The molecule has 6 heteroatoms. The molecule has 0 aliphatic carbocycles. The van der Waals surface area contributed by atoms with Crippen LogP contribution in [0.3, 0.4) is 0 Å². The van der Waals surface area contributed by atoms with E-state index in [-0.39, 0.29) is 5.91 Å². The second kappa shape index (κ2) is 5.40. The van der Waals surface area contributed by atoms with E-state index in [1.807, 2.05) is 7.05 Å². The number of nitrogens with one attached hydrogen (secondary N) is 2. The molecule has 2 aromatic rings. The summed E-state index contributed by atoms with van der Waals surface area (Å²) < 4.78 is 1.63. The molecule has 17 heavy (non-hydrogen) atoms. The molecule has 0 aliphatic rings.